The first-order valence-electron chi connectivity index (χ1n) is 55.2. The van der Waals surface area contributed by atoms with E-state index in [1.54, 1.807) is 0 Å². The average molecular weight is 1830 g/mol. The molecule has 17 rings (SSSR count). The Morgan fingerprint density at radius 1 is 0.210 bits per heavy atom. The Morgan fingerprint density at radius 3 is 0.674 bits per heavy atom. The van der Waals surface area contributed by atoms with E-state index in [4.69, 9.17) is 0 Å². The van der Waals surface area contributed by atoms with E-state index in [0.717, 1.165) is 194 Å². The molecule has 15 aromatic rings. The highest BCUT2D eigenvalue weighted by atomic mass is 15.2. The number of aromatic nitrogens is 2. The van der Waals surface area contributed by atoms with E-state index >= 15 is 0 Å². The number of benzene rings is 13. The smallest absolute Gasteiger partial charge is 0.252 e. The number of hydrogen-bond donors (Lipinski definition) is 0. The third-order valence-corrected chi connectivity index (χ3v) is 26.1. The fourth-order valence-corrected chi connectivity index (χ4v) is 22.2. The van der Waals surface area contributed by atoms with Crippen LogP contribution in [0.2, 0.25) is 0 Å². The fraction of sp³-hybridized carbons (Fsp3) is 0.414. The molecule has 0 fully saturated rings. The molecule has 0 saturated heterocycles. The summed E-state index contributed by atoms with van der Waals surface area (Å²) in [6, 6.07) is 92.4. The molecule has 0 unspecified atom stereocenters. The fourth-order valence-electron chi connectivity index (χ4n) is 22.2. The zero-order valence-electron chi connectivity index (χ0n) is 97.9. The molecular weight excluding hydrogens is 1660 g/mol. The van der Waals surface area contributed by atoms with Crippen molar-refractivity contribution in [3.63, 3.8) is 0 Å². The Labute approximate surface area is 843 Å². The third kappa shape index (κ3) is 22.3. The monoisotopic (exact) mass is 1830 g/mol. The van der Waals surface area contributed by atoms with Crippen molar-refractivity contribution in [2.45, 2.75) is 299 Å². The van der Waals surface area contributed by atoms with Crippen molar-refractivity contribution < 1.29 is 11.0 Å². The first-order chi connectivity index (χ1) is 67.2. The summed E-state index contributed by atoms with van der Waals surface area (Å²) >= 11 is 0. The zero-order valence-corrected chi connectivity index (χ0v) is 89.9. The van der Waals surface area contributed by atoms with Crippen molar-refractivity contribution in [2.24, 2.45) is 59.6 Å². The van der Waals surface area contributed by atoms with Gasteiger partial charge < -0.3 is 18.9 Å². The van der Waals surface area contributed by atoms with Gasteiger partial charge in [0.15, 0.2) is 0 Å². The minimum absolute atomic E-state index is 0.0441. The van der Waals surface area contributed by atoms with E-state index in [0.29, 0.717) is 28.7 Å². The van der Waals surface area contributed by atoms with Gasteiger partial charge in [-0.05, 0) is 339 Å². The number of anilines is 6. The SMILES string of the molecule is [2H]C([2H])(c1ccc2c(c1)c1cc(C([2H])([2H])C(C)(C)C)ccc1n2-c1ccc2c(c1)N(c1c(-c3cccc(CC(C)(C)C)c3)cc(CC(C)(C)C)cc1-c1cccc(CC(C)(C)C)c1)c1cc(CC(C)(C)C)cc3c1B2c1ccc(-n2c4ccc(C([2H])([2H])C(C)(C)C)cc4c4cc(C([2H])([2H])C(C)(C)C)ccc42)cc1N3c1c(-c2cccc(CC(C)(C)C)c2)cc(CC(C)(C)C)cc1-c1cccc(CC(C)(C)C)c1)C(C)(C)C. The summed E-state index contributed by atoms with van der Waals surface area (Å²) in [7, 11) is 0. The Hall–Kier alpha value is -10.9. The zero-order chi connectivity index (χ0) is 107. The van der Waals surface area contributed by atoms with Crippen LogP contribution in [0.25, 0.3) is 99.5 Å². The van der Waals surface area contributed by atoms with Gasteiger partial charge in [-0.15, -0.1) is 0 Å². The molecule has 0 aliphatic carbocycles. The molecule has 0 spiro atoms. The normalized spacial score (nSPS) is 15.1. The lowest BCUT2D eigenvalue weighted by molar-refractivity contribution is 0.410. The summed E-state index contributed by atoms with van der Waals surface area (Å²) in [5.74, 6) is 0. The Bertz CT molecular complexity index is 6850. The molecule has 2 aliphatic rings. The summed E-state index contributed by atoms with van der Waals surface area (Å²) in [5, 5.41) is 3.34. The molecule has 0 atom stereocenters. The van der Waals surface area contributed by atoms with E-state index in [1.165, 1.54) is 33.4 Å². The largest absolute Gasteiger partial charge is 0.310 e. The number of rotatable bonds is 19. The van der Waals surface area contributed by atoms with E-state index in [9.17, 15) is 11.0 Å². The summed E-state index contributed by atoms with van der Waals surface area (Å²) in [4.78, 5) is 5.47. The number of hydrogen-bond acceptors (Lipinski definition) is 2. The van der Waals surface area contributed by atoms with E-state index in [1.807, 2.05) is 107 Å². The van der Waals surface area contributed by atoms with E-state index in [-0.39, 0.29) is 37.9 Å². The predicted molar refractivity (Wildman–Crippen MR) is 606 cm³/mol. The van der Waals surface area contributed by atoms with Crippen molar-refractivity contribution in [3.05, 3.63) is 304 Å². The Balaban J connectivity index is 1.11. The highest BCUT2D eigenvalue weighted by Crippen LogP contribution is 2.57. The molecule has 2 aliphatic heterocycles. The second kappa shape index (κ2) is 35.7. The molecule has 0 N–H and O–H groups in total. The second-order valence-corrected chi connectivity index (χ2v) is 53.8. The molecule has 5 heteroatoms. The third-order valence-electron chi connectivity index (χ3n) is 26.1. The number of nitrogens with zero attached hydrogens (tertiary/aromatic N) is 4. The van der Waals surface area contributed by atoms with Gasteiger partial charge in [0.05, 0.1) is 33.4 Å². The summed E-state index contributed by atoms with van der Waals surface area (Å²) in [6.45, 7) is 72.7. The van der Waals surface area contributed by atoms with Gasteiger partial charge in [0.25, 0.3) is 6.71 Å². The quantitative estimate of drug-likeness (QED) is 0.0750. The van der Waals surface area contributed by atoms with Crippen LogP contribution < -0.4 is 26.2 Å². The lowest BCUT2D eigenvalue weighted by atomic mass is 9.33. The Kier molecular flexibility index (Phi) is 22.9. The van der Waals surface area contributed by atoms with Crippen LogP contribution in [0.5, 0.6) is 0 Å². The molecule has 0 bridgehead atoms. The lowest BCUT2D eigenvalue weighted by Gasteiger charge is -2.46. The maximum atomic E-state index is 9.98. The molecule has 0 amide bonds. The lowest BCUT2D eigenvalue weighted by Crippen LogP contribution is -2.61. The van der Waals surface area contributed by atoms with Gasteiger partial charge in [-0.25, -0.2) is 0 Å². The molecule has 716 valence electrons. The van der Waals surface area contributed by atoms with Crippen molar-refractivity contribution in [2.75, 3.05) is 9.80 Å². The van der Waals surface area contributed by atoms with Crippen molar-refractivity contribution in [1.29, 1.82) is 0 Å². The summed E-state index contributed by atoms with van der Waals surface area (Å²) < 4.78 is 84.6. The van der Waals surface area contributed by atoms with Gasteiger partial charge in [0, 0.05) is 88.9 Å². The average Bonchev–Trinajstić information content (AvgIpc) is 0.884. The standard InChI is InChI=1S/C133H161BN4/c1-123(2,3)74-85-38-34-42-96(58-85)102-66-93(82-131(25,26)27)67-103(97-43-35-39-86(59-97)75-124(4,5)6)121(102)137-116-72-100(135-112-54-46-89(78-127(13,14)15)62-106(112)107-63-90(47-55-113(107)135)79-128(16,17)18)50-52-110(116)134-111-53-51-101(136-114-56-48-91(80-129(19,20)21)64-108(114)109-65-92(49-57-115(109)136)81-130(22,23)24)73-117(111)138(119-71-95(84-133(31,32)33)70-118(137)120(119)134)122-104(98-44-36-40-87(60-98)76-125(7,8)9)68-94(83-132(28,29)30)69-105(122)99-45-37-41-88(61-99)77-126(10,11)12/h34-73H,74-84H2,1-33H3/i78D2,79D2,80D2,81D2. The molecular formula is C133H161BN4. The van der Waals surface area contributed by atoms with Crippen LogP contribution in [0.15, 0.2) is 243 Å². The van der Waals surface area contributed by atoms with E-state index in [2.05, 4.69) is 383 Å². The van der Waals surface area contributed by atoms with Gasteiger partial charge in [-0.2, -0.15) is 0 Å². The number of fused-ring (bicyclic) bond motifs is 10. The molecule has 2 aromatic heterocycles. The maximum absolute atomic E-state index is 9.98. The van der Waals surface area contributed by atoms with Crippen LogP contribution in [0, 0.1) is 59.6 Å². The minimum atomic E-state index is -1.76. The van der Waals surface area contributed by atoms with Crippen LogP contribution in [0.4, 0.5) is 34.1 Å². The topological polar surface area (TPSA) is 16.3 Å². The highest BCUT2D eigenvalue weighted by Gasteiger charge is 2.47. The van der Waals surface area contributed by atoms with E-state index < -0.39 is 53.9 Å². The van der Waals surface area contributed by atoms with Crippen LogP contribution in [-0.2, 0) is 70.4 Å². The molecule has 0 saturated carbocycles. The Morgan fingerprint density at radius 2 is 0.442 bits per heavy atom. The first-order valence-corrected chi connectivity index (χ1v) is 51.2. The van der Waals surface area contributed by atoms with Crippen LogP contribution in [-0.4, -0.2) is 15.8 Å². The van der Waals surface area contributed by atoms with Gasteiger partial charge >= 0.3 is 0 Å². The van der Waals surface area contributed by atoms with Crippen molar-refractivity contribution >= 4 is 101 Å². The van der Waals surface area contributed by atoms with Gasteiger partial charge in [0.1, 0.15) is 0 Å². The summed E-state index contributed by atoms with van der Waals surface area (Å²) in [6.07, 6.45) is -1.34. The second-order valence-electron chi connectivity index (χ2n) is 53.8. The van der Waals surface area contributed by atoms with Gasteiger partial charge in [-0.1, -0.05) is 362 Å². The maximum Gasteiger partial charge on any atom is 0.252 e. The van der Waals surface area contributed by atoms with Crippen molar-refractivity contribution in [1.82, 2.24) is 9.13 Å². The first kappa shape index (κ1) is 88.5. The minimum Gasteiger partial charge on any atom is -0.310 e. The molecule has 0 radical (unpaired) electrons. The van der Waals surface area contributed by atoms with Gasteiger partial charge in [0.2, 0.25) is 0 Å². The molecule has 138 heavy (non-hydrogen) atoms. The molecule has 13 aromatic carbocycles. The molecule has 4 nitrogen and oxygen atoms in total. The van der Waals surface area contributed by atoms with Crippen LogP contribution in [0.1, 0.15) is 301 Å². The highest BCUT2D eigenvalue weighted by molar-refractivity contribution is 7.00. The summed E-state index contributed by atoms with van der Waals surface area (Å²) in [5.41, 5.74) is 30.7. The van der Waals surface area contributed by atoms with Crippen molar-refractivity contribution in [3.8, 4) is 55.9 Å². The van der Waals surface area contributed by atoms with Crippen LogP contribution in [0.3, 0.4) is 0 Å². The van der Waals surface area contributed by atoms with Gasteiger partial charge in [-0.3, -0.25) is 0 Å². The van der Waals surface area contributed by atoms with Crippen LogP contribution >= 0.6 is 0 Å². The predicted octanol–water partition coefficient (Wildman–Crippen LogP) is 36.1. The molecule has 4 heterocycles.